The number of rotatable bonds is 3. The zero-order chi connectivity index (χ0) is 13.3. The highest BCUT2D eigenvalue weighted by molar-refractivity contribution is 7.89. The van der Waals surface area contributed by atoms with Gasteiger partial charge in [-0.15, -0.1) is 0 Å². The lowest BCUT2D eigenvalue weighted by atomic mass is 10.3. The van der Waals surface area contributed by atoms with E-state index in [0.717, 1.165) is 19.2 Å². The molecule has 8 heteroatoms. The molecule has 1 rings (SSSR count). The second kappa shape index (κ2) is 4.53. The molecule has 0 heterocycles. The fourth-order valence-electron chi connectivity index (χ4n) is 1.16. The van der Waals surface area contributed by atoms with Gasteiger partial charge in [0.05, 0.1) is 4.90 Å². The third-order valence-electron chi connectivity index (χ3n) is 1.99. The van der Waals surface area contributed by atoms with E-state index in [1.54, 1.807) is 0 Å². The Bertz CT molecular complexity index is 482. The summed E-state index contributed by atoms with van der Waals surface area (Å²) in [7, 11) is -3.26. The molecule has 0 unspecified atom stereocenters. The summed E-state index contributed by atoms with van der Waals surface area (Å²) in [5.41, 5.74) is 5.69. The second-order valence-electron chi connectivity index (χ2n) is 3.45. The van der Waals surface area contributed by atoms with E-state index in [4.69, 9.17) is 5.73 Å². The van der Waals surface area contributed by atoms with Crippen molar-refractivity contribution >= 4 is 15.7 Å². The fourth-order valence-corrected chi connectivity index (χ4v) is 2.31. The van der Waals surface area contributed by atoms with Gasteiger partial charge in [-0.2, -0.15) is 17.5 Å². The largest absolute Gasteiger partial charge is 0.402 e. The number of nitrogens with two attached hydrogens (primary N) is 1. The number of halogens is 3. The summed E-state index contributed by atoms with van der Waals surface area (Å²) in [5.74, 6) is 0. The zero-order valence-corrected chi connectivity index (χ0v) is 9.72. The van der Waals surface area contributed by atoms with Gasteiger partial charge in [-0.3, -0.25) is 0 Å². The summed E-state index contributed by atoms with van der Waals surface area (Å²) < 4.78 is 59.9. The first-order valence-corrected chi connectivity index (χ1v) is 5.95. The molecule has 0 aliphatic rings. The van der Waals surface area contributed by atoms with Gasteiger partial charge >= 0.3 is 6.18 Å². The SMILES string of the molecule is CN(CC(F)(F)F)S(=O)(=O)c1ccc(N)cc1. The van der Waals surface area contributed by atoms with E-state index in [-0.39, 0.29) is 9.20 Å². The molecule has 0 aliphatic carbocycles. The normalized spacial score (nSPS) is 13.0. The van der Waals surface area contributed by atoms with Crippen molar-refractivity contribution in [3.8, 4) is 0 Å². The molecule has 0 spiro atoms. The quantitative estimate of drug-likeness (QED) is 0.844. The molecule has 2 N–H and O–H groups in total. The topological polar surface area (TPSA) is 63.4 Å². The van der Waals surface area contributed by atoms with Gasteiger partial charge in [0.2, 0.25) is 10.0 Å². The van der Waals surface area contributed by atoms with Crippen LogP contribution in [0.4, 0.5) is 18.9 Å². The van der Waals surface area contributed by atoms with Crippen LogP contribution >= 0.6 is 0 Å². The Morgan fingerprint density at radius 3 is 2.12 bits per heavy atom. The van der Waals surface area contributed by atoms with Gasteiger partial charge in [-0.25, -0.2) is 8.42 Å². The number of benzene rings is 1. The molecule has 0 aliphatic heterocycles. The number of nitrogens with zero attached hydrogens (tertiary/aromatic N) is 1. The van der Waals surface area contributed by atoms with E-state index in [2.05, 4.69) is 0 Å². The minimum atomic E-state index is -4.57. The van der Waals surface area contributed by atoms with Crippen molar-refractivity contribution in [3.05, 3.63) is 24.3 Å². The van der Waals surface area contributed by atoms with Gasteiger partial charge in [-0.1, -0.05) is 0 Å². The molecule has 1 aromatic rings. The molecule has 0 aromatic heterocycles. The molecule has 0 saturated heterocycles. The van der Waals surface area contributed by atoms with Gasteiger partial charge < -0.3 is 5.73 Å². The molecular weight excluding hydrogens is 257 g/mol. The van der Waals surface area contributed by atoms with Gasteiger partial charge in [0.15, 0.2) is 0 Å². The van der Waals surface area contributed by atoms with Crippen LogP contribution in [-0.2, 0) is 10.0 Å². The van der Waals surface area contributed by atoms with E-state index in [1.165, 1.54) is 12.1 Å². The minimum absolute atomic E-state index is 0.224. The zero-order valence-electron chi connectivity index (χ0n) is 8.90. The van der Waals surface area contributed by atoms with Crippen LogP contribution in [0.3, 0.4) is 0 Å². The van der Waals surface area contributed by atoms with E-state index in [9.17, 15) is 21.6 Å². The predicted octanol–water partition coefficient (Wildman–Crippen LogP) is 1.45. The van der Waals surface area contributed by atoms with E-state index in [1.807, 2.05) is 0 Å². The number of hydrogen-bond acceptors (Lipinski definition) is 3. The van der Waals surface area contributed by atoms with Gasteiger partial charge in [0.1, 0.15) is 6.54 Å². The monoisotopic (exact) mass is 268 g/mol. The maximum Gasteiger partial charge on any atom is 0.402 e. The number of alkyl halides is 3. The highest BCUT2D eigenvalue weighted by atomic mass is 32.2. The molecule has 17 heavy (non-hydrogen) atoms. The molecule has 1 aromatic carbocycles. The van der Waals surface area contributed by atoms with E-state index in [0.29, 0.717) is 5.69 Å². The Morgan fingerprint density at radius 2 is 1.71 bits per heavy atom. The maximum absolute atomic E-state index is 12.1. The first-order valence-electron chi connectivity index (χ1n) is 4.51. The minimum Gasteiger partial charge on any atom is -0.399 e. The van der Waals surface area contributed by atoms with Crippen LogP contribution < -0.4 is 5.73 Å². The lowest BCUT2D eigenvalue weighted by Gasteiger charge is -2.18. The van der Waals surface area contributed by atoms with Crippen molar-refractivity contribution in [1.29, 1.82) is 0 Å². The first kappa shape index (κ1) is 13.8. The first-order chi connectivity index (χ1) is 7.63. The third-order valence-corrected chi connectivity index (χ3v) is 3.81. The maximum atomic E-state index is 12.1. The molecule has 0 saturated carbocycles. The number of sulfonamides is 1. The Kier molecular flexibility index (Phi) is 3.68. The molecule has 96 valence electrons. The summed E-state index contributed by atoms with van der Waals surface area (Å²) in [4.78, 5) is -0.224. The summed E-state index contributed by atoms with van der Waals surface area (Å²) in [5, 5.41) is 0. The molecule has 4 nitrogen and oxygen atoms in total. The van der Waals surface area contributed by atoms with Crippen LogP contribution in [0.15, 0.2) is 29.2 Å². The average Bonchev–Trinajstić information content (AvgIpc) is 2.15. The molecule has 0 amide bonds. The van der Waals surface area contributed by atoms with E-state index >= 15 is 0 Å². The Morgan fingerprint density at radius 1 is 1.24 bits per heavy atom. The van der Waals surface area contributed by atoms with E-state index < -0.39 is 22.7 Å². The molecule has 0 bridgehead atoms. The number of nitrogen functional groups attached to an aromatic ring is 1. The van der Waals surface area contributed by atoms with Crippen molar-refractivity contribution in [2.24, 2.45) is 0 Å². The smallest absolute Gasteiger partial charge is 0.399 e. The third kappa shape index (κ3) is 3.60. The van der Waals surface area contributed by atoms with Crippen LogP contribution in [0.1, 0.15) is 0 Å². The lowest BCUT2D eigenvalue weighted by molar-refractivity contribution is -0.134. The van der Waals surface area contributed by atoms with Gasteiger partial charge in [0.25, 0.3) is 0 Å². The summed E-state index contributed by atoms with van der Waals surface area (Å²) >= 11 is 0. The molecule has 0 fully saturated rings. The highest BCUT2D eigenvalue weighted by Gasteiger charge is 2.34. The van der Waals surface area contributed by atoms with Gasteiger partial charge in [0, 0.05) is 12.7 Å². The highest BCUT2D eigenvalue weighted by Crippen LogP contribution is 2.21. The molecule has 0 radical (unpaired) electrons. The summed E-state index contributed by atoms with van der Waals surface area (Å²) in [6.07, 6.45) is -4.57. The van der Waals surface area contributed by atoms with Crippen molar-refractivity contribution in [3.63, 3.8) is 0 Å². The van der Waals surface area contributed by atoms with Crippen molar-refractivity contribution in [1.82, 2.24) is 4.31 Å². The van der Waals surface area contributed by atoms with Crippen LogP contribution in [-0.4, -0.2) is 32.5 Å². The standard InChI is InChI=1S/C9H11F3N2O2S/c1-14(6-9(10,11)12)17(15,16)8-4-2-7(13)3-5-8/h2-5H,6,13H2,1H3. The summed E-state index contributed by atoms with van der Waals surface area (Å²) in [6.45, 7) is -1.53. The second-order valence-corrected chi connectivity index (χ2v) is 5.49. The average molecular weight is 268 g/mol. The van der Waals surface area contributed by atoms with Crippen LogP contribution in [0.2, 0.25) is 0 Å². The van der Waals surface area contributed by atoms with Gasteiger partial charge in [-0.05, 0) is 24.3 Å². The lowest BCUT2D eigenvalue weighted by Crippen LogP contribution is -2.35. The predicted molar refractivity (Wildman–Crippen MR) is 56.7 cm³/mol. The fraction of sp³-hybridized carbons (Fsp3) is 0.333. The molecular formula is C9H11F3N2O2S. The van der Waals surface area contributed by atoms with Crippen molar-refractivity contribution in [2.75, 3.05) is 19.3 Å². The summed E-state index contributed by atoms with van der Waals surface area (Å²) in [6, 6.07) is 4.96. The number of hydrogen-bond donors (Lipinski definition) is 1. The Balaban J connectivity index is 2.99. The van der Waals surface area contributed by atoms with Crippen molar-refractivity contribution < 1.29 is 21.6 Å². The van der Waals surface area contributed by atoms with Crippen LogP contribution in [0, 0.1) is 0 Å². The van der Waals surface area contributed by atoms with Crippen molar-refractivity contribution in [2.45, 2.75) is 11.1 Å². The Hall–Kier alpha value is -1.28. The van der Waals surface area contributed by atoms with Crippen LogP contribution in [0.5, 0.6) is 0 Å². The Labute approximate surface area is 96.9 Å². The van der Waals surface area contributed by atoms with Crippen LogP contribution in [0.25, 0.3) is 0 Å². The number of anilines is 1. The molecule has 0 atom stereocenters.